The van der Waals surface area contributed by atoms with Gasteiger partial charge >= 0.3 is 0 Å². The maximum atomic E-state index is 13.6. The van der Waals surface area contributed by atoms with Crippen LogP contribution in [0.2, 0.25) is 0 Å². The van der Waals surface area contributed by atoms with E-state index in [1.807, 2.05) is 6.26 Å². The lowest BCUT2D eigenvalue weighted by atomic mass is 10.2. The third-order valence-corrected chi connectivity index (χ3v) is 4.48. The Morgan fingerprint density at radius 3 is 2.76 bits per heavy atom. The van der Waals surface area contributed by atoms with E-state index in [9.17, 15) is 13.6 Å². The SMILES string of the molecule is CSc1ccc(C(=O)Nc2c(F)cncc2F)cc1OC1CCOC1. The van der Waals surface area contributed by atoms with Gasteiger partial charge in [-0.2, -0.15) is 0 Å². The molecule has 2 heterocycles. The maximum Gasteiger partial charge on any atom is 0.255 e. The van der Waals surface area contributed by atoms with E-state index in [-0.39, 0.29) is 11.7 Å². The van der Waals surface area contributed by atoms with Crippen LogP contribution in [-0.2, 0) is 4.74 Å². The van der Waals surface area contributed by atoms with E-state index in [2.05, 4.69) is 10.3 Å². The molecule has 0 saturated carbocycles. The van der Waals surface area contributed by atoms with Crippen molar-refractivity contribution in [3.05, 3.63) is 47.8 Å². The maximum absolute atomic E-state index is 13.6. The number of benzene rings is 1. The molecule has 1 atom stereocenters. The summed E-state index contributed by atoms with van der Waals surface area (Å²) in [6, 6.07) is 4.89. The van der Waals surface area contributed by atoms with Crippen molar-refractivity contribution in [1.29, 1.82) is 0 Å². The monoisotopic (exact) mass is 366 g/mol. The Balaban J connectivity index is 1.82. The number of amides is 1. The second-order valence-corrected chi connectivity index (χ2v) is 6.25. The number of rotatable bonds is 5. The molecule has 1 fully saturated rings. The van der Waals surface area contributed by atoms with Crippen LogP contribution in [0.1, 0.15) is 16.8 Å². The third kappa shape index (κ3) is 4.08. The molecule has 2 aromatic rings. The molecular formula is C17H16F2N2O3S. The summed E-state index contributed by atoms with van der Waals surface area (Å²) in [7, 11) is 0. The number of hydrogen-bond acceptors (Lipinski definition) is 5. The smallest absolute Gasteiger partial charge is 0.255 e. The summed E-state index contributed by atoms with van der Waals surface area (Å²) in [6.07, 6.45) is 4.28. The van der Waals surface area contributed by atoms with Crippen LogP contribution in [0, 0.1) is 11.6 Å². The number of carbonyl (C=O) groups excluding carboxylic acids is 1. The lowest BCUT2D eigenvalue weighted by Crippen LogP contribution is -2.18. The van der Waals surface area contributed by atoms with E-state index in [1.54, 1.807) is 18.2 Å². The van der Waals surface area contributed by atoms with Crippen molar-refractivity contribution in [3.63, 3.8) is 0 Å². The highest BCUT2D eigenvalue weighted by molar-refractivity contribution is 7.98. The summed E-state index contributed by atoms with van der Waals surface area (Å²) in [5.74, 6) is -1.96. The molecule has 8 heteroatoms. The number of ether oxygens (including phenoxy) is 2. The minimum absolute atomic E-state index is 0.0701. The zero-order valence-corrected chi connectivity index (χ0v) is 14.2. The summed E-state index contributed by atoms with van der Waals surface area (Å²) in [6.45, 7) is 1.14. The first kappa shape index (κ1) is 17.6. The number of hydrogen-bond donors (Lipinski definition) is 1. The number of carbonyl (C=O) groups is 1. The van der Waals surface area contributed by atoms with Gasteiger partial charge in [0.25, 0.3) is 5.91 Å². The number of nitrogens with one attached hydrogen (secondary N) is 1. The molecule has 1 unspecified atom stereocenters. The van der Waals surface area contributed by atoms with Gasteiger partial charge in [-0.15, -0.1) is 11.8 Å². The van der Waals surface area contributed by atoms with E-state index in [0.717, 1.165) is 23.7 Å². The van der Waals surface area contributed by atoms with Crippen LogP contribution in [0.5, 0.6) is 5.75 Å². The fraction of sp³-hybridized carbons (Fsp3) is 0.294. The van der Waals surface area contributed by atoms with Crippen LogP contribution in [0.25, 0.3) is 0 Å². The predicted molar refractivity (Wildman–Crippen MR) is 90.2 cm³/mol. The molecule has 0 spiro atoms. The normalized spacial score (nSPS) is 16.7. The van der Waals surface area contributed by atoms with Crippen molar-refractivity contribution in [3.8, 4) is 5.75 Å². The average Bonchev–Trinajstić information content (AvgIpc) is 3.11. The largest absolute Gasteiger partial charge is 0.487 e. The standard InChI is InChI=1S/C17H16F2N2O3S/c1-25-15-3-2-10(6-14(15)24-11-4-5-23-9-11)17(22)21-16-12(18)7-20-8-13(16)19/h2-3,6-8,11H,4-5,9H2,1H3,(H,20,21,22). The molecule has 1 saturated heterocycles. The van der Waals surface area contributed by atoms with Gasteiger partial charge in [-0.25, -0.2) is 8.78 Å². The van der Waals surface area contributed by atoms with Gasteiger partial charge in [0, 0.05) is 16.9 Å². The van der Waals surface area contributed by atoms with Crippen molar-refractivity contribution in [2.45, 2.75) is 17.4 Å². The zero-order chi connectivity index (χ0) is 17.8. The zero-order valence-electron chi connectivity index (χ0n) is 13.4. The number of thioether (sulfide) groups is 1. The molecule has 0 bridgehead atoms. The van der Waals surface area contributed by atoms with Gasteiger partial charge in [0.2, 0.25) is 0 Å². The highest BCUT2D eigenvalue weighted by Gasteiger charge is 2.20. The Bertz CT molecular complexity index is 762. The topological polar surface area (TPSA) is 60.5 Å². The summed E-state index contributed by atoms with van der Waals surface area (Å²) in [5, 5.41) is 2.24. The van der Waals surface area contributed by atoms with E-state index in [1.165, 1.54) is 11.8 Å². The number of pyridine rings is 1. The first-order valence-electron chi connectivity index (χ1n) is 7.61. The van der Waals surface area contributed by atoms with Crippen molar-refractivity contribution in [1.82, 2.24) is 4.98 Å². The Kier molecular flexibility index (Phi) is 5.50. The van der Waals surface area contributed by atoms with Gasteiger partial charge < -0.3 is 14.8 Å². The average molecular weight is 366 g/mol. The molecular weight excluding hydrogens is 350 g/mol. The van der Waals surface area contributed by atoms with Gasteiger partial charge in [0.15, 0.2) is 11.6 Å². The third-order valence-electron chi connectivity index (χ3n) is 3.70. The number of aromatic nitrogens is 1. The number of nitrogens with zero attached hydrogens (tertiary/aromatic N) is 1. The molecule has 5 nitrogen and oxygen atoms in total. The van der Waals surface area contributed by atoms with E-state index in [4.69, 9.17) is 9.47 Å². The van der Waals surface area contributed by atoms with E-state index < -0.39 is 23.2 Å². The molecule has 25 heavy (non-hydrogen) atoms. The fourth-order valence-electron chi connectivity index (χ4n) is 2.41. The van der Waals surface area contributed by atoms with Gasteiger partial charge in [0.05, 0.1) is 25.6 Å². The minimum atomic E-state index is -0.936. The molecule has 3 rings (SSSR count). The van der Waals surface area contributed by atoms with E-state index >= 15 is 0 Å². The van der Waals surface area contributed by atoms with Crippen molar-refractivity contribution in [2.24, 2.45) is 0 Å². The predicted octanol–water partition coefficient (Wildman–Crippen LogP) is 3.50. The van der Waals surface area contributed by atoms with Gasteiger partial charge in [-0.05, 0) is 24.5 Å². The van der Waals surface area contributed by atoms with Crippen LogP contribution >= 0.6 is 11.8 Å². The Morgan fingerprint density at radius 1 is 1.36 bits per heavy atom. The van der Waals surface area contributed by atoms with Crippen LogP contribution in [0.4, 0.5) is 14.5 Å². The molecule has 0 aliphatic carbocycles. The molecule has 1 aromatic carbocycles. The second kappa shape index (κ2) is 7.79. The molecule has 1 N–H and O–H groups in total. The summed E-state index contributed by atoms with van der Waals surface area (Å²) >= 11 is 1.48. The summed E-state index contributed by atoms with van der Waals surface area (Å²) in [4.78, 5) is 16.6. The molecule has 0 radical (unpaired) electrons. The lowest BCUT2D eigenvalue weighted by molar-refractivity contribution is 0.102. The lowest BCUT2D eigenvalue weighted by Gasteiger charge is -2.16. The molecule has 1 aromatic heterocycles. The van der Waals surface area contributed by atoms with Crippen molar-refractivity contribution in [2.75, 3.05) is 24.8 Å². The van der Waals surface area contributed by atoms with Crippen LogP contribution in [-0.4, -0.2) is 36.5 Å². The highest BCUT2D eigenvalue weighted by atomic mass is 32.2. The van der Waals surface area contributed by atoms with Crippen molar-refractivity contribution >= 4 is 23.4 Å². The molecule has 1 aliphatic heterocycles. The Hall–Kier alpha value is -2.19. The summed E-state index contributed by atoms with van der Waals surface area (Å²) in [5.41, 5.74) is -0.289. The first-order valence-corrected chi connectivity index (χ1v) is 8.83. The number of anilines is 1. The molecule has 1 aliphatic rings. The van der Waals surface area contributed by atoms with Crippen molar-refractivity contribution < 1.29 is 23.0 Å². The van der Waals surface area contributed by atoms with Crippen LogP contribution < -0.4 is 10.1 Å². The second-order valence-electron chi connectivity index (χ2n) is 5.40. The molecule has 132 valence electrons. The quantitative estimate of drug-likeness (QED) is 0.821. The fourth-order valence-corrected chi connectivity index (χ4v) is 2.92. The highest BCUT2D eigenvalue weighted by Crippen LogP contribution is 2.31. The van der Waals surface area contributed by atoms with E-state index in [0.29, 0.717) is 19.0 Å². The summed E-state index contributed by atoms with van der Waals surface area (Å²) < 4.78 is 38.5. The molecule has 1 amide bonds. The van der Waals surface area contributed by atoms with Gasteiger partial charge in [-0.1, -0.05) is 0 Å². The number of halogens is 2. The first-order chi connectivity index (χ1) is 12.1. The van der Waals surface area contributed by atoms with Gasteiger partial charge in [-0.3, -0.25) is 9.78 Å². The van der Waals surface area contributed by atoms with Gasteiger partial charge in [0.1, 0.15) is 17.5 Å². The Labute approximate surface area is 147 Å². The minimum Gasteiger partial charge on any atom is -0.487 e. The van der Waals surface area contributed by atoms with Crippen LogP contribution in [0.3, 0.4) is 0 Å². The Morgan fingerprint density at radius 2 is 2.12 bits per heavy atom. The van der Waals surface area contributed by atoms with Crippen LogP contribution in [0.15, 0.2) is 35.5 Å².